The standard InChI is InChI=1S/C37H67NO3/c1-10-13-14-15-16-17-18-19-20-21-22-23-26-38(11-2,12-3)27-28-41-34(39)25-24-31-29-32(36(4,5)6)35(40)33(30-31)37(7,8)9/h29-30H,10-28H2,1-9H3/p+1. The number of hydrogen-bond donors (Lipinski definition) is 1. The molecule has 0 aliphatic heterocycles. The number of rotatable bonds is 21. The lowest BCUT2D eigenvalue weighted by Crippen LogP contribution is -2.50. The number of unbranched alkanes of at least 4 members (excludes halogenated alkanes) is 11. The highest BCUT2D eigenvalue weighted by Crippen LogP contribution is 2.40. The Balaban J connectivity index is 2.45. The fraction of sp³-hybridized carbons (Fsp3) is 0.811. The second-order valence-electron chi connectivity index (χ2n) is 14.6. The molecule has 0 saturated carbocycles. The van der Waals surface area contributed by atoms with Gasteiger partial charge in [-0.1, -0.05) is 125 Å². The quantitative estimate of drug-likeness (QED) is 0.0902. The number of hydrogen-bond acceptors (Lipinski definition) is 3. The third-order valence-electron chi connectivity index (χ3n) is 9.06. The third kappa shape index (κ3) is 14.5. The molecule has 0 aromatic heterocycles. The number of phenols is 1. The fourth-order valence-electron chi connectivity index (χ4n) is 5.91. The SMILES string of the molecule is CCCCCCCCCCCCCC[N+](CC)(CC)CCOC(=O)CCc1cc(C(C)(C)C)c(O)c(C(C)(C)C)c1. The van der Waals surface area contributed by atoms with Crippen molar-refractivity contribution in [2.45, 2.75) is 163 Å². The molecule has 4 heteroatoms. The van der Waals surface area contributed by atoms with Gasteiger partial charge in [-0.15, -0.1) is 0 Å². The maximum Gasteiger partial charge on any atom is 0.306 e. The summed E-state index contributed by atoms with van der Waals surface area (Å²) in [6.07, 6.45) is 17.5. The Labute approximate surface area is 255 Å². The van der Waals surface area contributed by atoms with Crippen molar-refractivity contribution in [2.24, 2.45) is 0 Å². The predicted octanol–water partition coefficient (Wildman–Crippen LogP) is 10.0. The number of aromatic hydroxyl groups is 1. The van der Waals surface area contributed by atoms with Gasteiger partial charge in [0.1, 0.15) is 18.9 Å². The van der Waals surface area contributed by atoms with Crippen LogP contribution in [0.5, 0.6) is 5.75 Å². The third-order valence-corrected chi connectivity index (χ3v) is 9.06. The van der Waals surface area contributed by atoms with Gasteiger partial charge in [-0.05, 0) is 60.6 Å². The molecule has 0 radical (unpaired) electrons. The van der Waals surface area contributed by atoms with Crippen LogP contribution in [-0.2, 0) is 26.8 Å². The Hall–Kier alpha value is -1.55. The molecule has 0 atom stereocenters. The molecule has 4 nitrogen and oxygen atoms in total. The van der Waals surface area contributed by atoms with Gasteiger partial charge < -0.3 is 14.3 Å². The summed E-state index contributed by atoms with van der Waals surface area (Å²) in [4.78, 5) is 12.7. The molecule has 0 unspecified atom stereocenters. The molecule has 1 rings (SSSR count). The number of phenolic OH excluding ortho intramolecular Hbond substituents is 1. The van der Waals surface area contributed by atoms with Gasteiger partial charge in [-0.25, -0.2) is 0 Å². The zero-order chi connectivity index (χ0) is 30.9. The number of nitrogens with zero attached hydrogens (tertiary/aromatic N) is 1. The molecule has 1 aromatic carbocycles. The van der Waals surface area contributed by atoms with Crippen LogP contribution < -0.4 is 0 Å². The topological polar surface area (TPSA) is 46.5 Å². The van der Waals surface area contributed by atoms with Gasteiger partial charge in [-0.2, -0.15) is 0 Å². The van der Waals surface area contributed by atoms with Crippen molar-refractivity contribution in [3.63, 3.8) is 0 Å². The van der Waals surface area contributed by atoms with E-state index in [1.54, 1.807) is 0 Å². The average Bonchev–Trinajstić information content (AvgIpc) is 2.90. The number of quaternary nitrogens is 1. The molecule has 1 aromatic rings. The lowest BCUT2D eigenvalue weighted by molar-refractivity contribution is -0.925. The minimum Gasteiger partial charge on any atom is -0.507 e. The molecule has 0 aliphatic rings. The van der Waals surface area contributed by atoms with Crippen LogP contribution in [0.25, 0.3) is 0 Å². The van der Waals surface area contributed by atoms with Crippen molar-refractivity contribution in [3.8, 4) is 5.75 Å². The molecule has 0 aliphatic carbocycles. The molecule has 238 valence electrons. The van der Waals surface area contributed by atoms with Crippen molar-refractivity contribution in [1.82, 2.24) is 0 Å². The summed E-state index contributed by atoms with van der Waals surface area (Å²) < 4.78 is 6.79. The van der Waals surface area contributed by atoms with E-state index < -0.39 is 0 Å². The van der Waals surface area contributed by atoms with Gasteiger partial charge in [0.25, 0.3) is 0 Å². The van der Waals surface area contributed by atoms with E-state index in [0.29, 0.717) is 25.2 Å². The molecule has 0 spiro atoms. The van der Waals surface area contributed by atoms with Crippen molar-refractivity contribution in [3.05, 3.63) is 28.8 Å². The first kappa shape index (κ1) is 37.5. The van der Waals surface area contributed by atoms with Gasteiger partial charge in [0.05, 0.1) is 19.6 Å². The number of aryl methyl sites for hydroxylation is 1. The summed E-state index contributed by atoms with van der Waals surface area (Å²) in [6.45, 7) is 24.3. The van der Waals surface area contributed by atoms with E-state index in [1.807, 2.05) is 0 Å². The van der Waals surface area contributed by atoms with Gasteiger partial charge in [-0.3, -0.25) is 4.79 Å². The van der Waals surface area contributed by atoms with E-state index in [4.69, 9.17) is 4.74 Å². The van der Waals surface area contributed by atoms with Crippen LogP contribution in [0.2, 0.25) is 0 Å². The predicted molar refractivity (Wildman–Crippen MR) is 177 cm³/mol. The Morgan fingerprint density at radius 2 is 1.15 bits per heavy atom. The molecule has 0 heterocycles. The van der Waals surface area contributed by atoms with E-state index in [9.17, 15) is 9.90 Å². The monoisotopic (exact) mass is 575 g/mol. The first-order valence-electron chi connectivity index (χ1n) is 17.2. The minimum atomic E-state index is -0.171. The van der Waals surface area contributed by atoms with Gasteiger partial charge in [0.2, 0.25) is 0 Å². The molecule has 0 saturated heterocycles. The van der Waals surface area contributed by atoms with Crippen LogP contribution in [0.4, 0.5) is 0 Å². The number of likely N-dealkylation sites (N-methyl/N-ethyl adjacent to an activating group) is 1. The van der Waals surface area contributed by atoms with Crippen LogP contribution in [-0.4, -0.2) is 48.3 Å². The highest BCUT2D eigenvalue weighted by molar-refractivity contribution is 5.69. The van der Waals surface area contributed by atoms with Crippen molar-refractivity contribution in [2.75, 3.05) is 32.8 Å². The summed E-state index contributed by atoms with van der Waals surface area (Å²) in [7, 11) is 0. The number of esters is 1. The normalized spacial score (nSPS) is 12.6. The van der Waals surface area contributed by atoms with Crippen LogP contribution in [0.15, 0.2) is 12.1 Å². The number of ether oxygens (including phenoxy) is 1. The molecule has 0 bridgehead atoms. The molecule has 41 heavy (non-hydrogen) atoms. The second-order valence-corrected chi connectivity index (χ2v) is 14.6. The second kappa shape index (κ2) is 18.9. The molecular weight excluding hydrogens is 506 g/mol. The smallest absolute Gasteiger partial charge is 0.306 e. The maximum atomic E-state index is 12.7. The molecule has 1 N–H and O–H groups in total. The maximum absolute atomic E-state index is 12.7. The Morgan fingerprint density at radius 3 is 1.56 bits per heavy atom. The summed E-state index contributed by atoms with van der Waals surface area (Å²) in [5.74, 6) is 0.265. The molecular formula is C37H68NO3+. The Bertz CT molecular complexity index is 823. The van der Waals surface area contributed by atoms with E-state index in [0.717, 1.165) is 40.8 Å². The summed E-state index contributed by atoms with van der Waals surface area (Å²) in [5, 5.41) is 11.0. The fourth-order valence-corrected chi connectivity index (χ4v) is 5.91. The molecule has 0 fully saturated rings. The lowest BCUT2D eigenvalue weighted by Gasteiger charge is -2.36. The van der Waals surface area contributed by atoms with Crippen molar-refractivity contribution in [1.29, 1.82) is 0 Å². The first-order valence-corrected chi connectivity index (χ1v) is 17.2. The van der Waals surface area contributed by atoms with Crippen molar-refractivity contribution < 1.29 is 19.1 Å². The minimum absolute atomic E-state index is 0.122. The lowest BCUT2D eigenvalue weighted by atomic mass is 9.78. The number of carbonyl (C=O) groups excluding carboxylic acids is 1. The van der Waals surface area contributed by atoms with E-state index in [1.165, 1.54) is 83.6 Å². The molecule has 0 amide bonds. The first-order chi connectivity index (χ1) is 19.3. The summed E-state index contributed by atoms with van der Waals surface area (Å²) in [6, 6.07) is 4.14. The average molecular weight is 575 g/mol. The number of carbonyl (C=O) groups is 1. The zero-order valence-corrected chi connectivity index (χ0v) is 28.8. The summed E-state index contributed by atoms with van der Waals surface area (Å²) in [5.41, 5.74) is 2.64. The highest BCUT2D eigenvalue weighted by atomic mass is 16.5. The van der Waals surface area contributed by atoms with Gasteiger partial charge >= 0.3 is 5.97 Å². The van der Waals surface area contributed by atoms with Gasteiger partial charge in [0.15, 0.2) is 0 Å². The van der Waals surface area contributed by atoms with E-state index in [-0.39, 0.29) is 16.8 Å². The van der Waals surface area contributed by atoms with Crippen LogP contribution in [0.1, 0.15) is 162 Å². The highest BCUT2D eigenvalue weighted by Gasteiger charge is 2.27. The van der Waals surface area contributed by atoms with Crippen LogP contribution in [0, 0.1) is 0 Å². The van der Waals surface area contributed by atoms with Crippen LogP contribution in [0.3, 0.4) is 0 Å². The zero-order valence-electron chi connectivity index (χ0n) is 28.8. The largest absolute Gasteiger partial charge is 0.507 e. The Morgan fingerprint density at radius 1 is 0.707 bits per heavy atom. The van der Waals surface area contributed by atoms with Gasteiger partial charge in [0, 0.05) is 6.42 Å². The van der Waals surface area contributed by atoms with E-state index >= 15 is 0 Å². The summed E-state index contributed by atoms with van der Waals surface area (Å²) >= 11 is 0. The van der Waals surface area contributed by atoms with E-state index in [2.05, 4.69) is 74.4 Å². The van der Waals surface area contributed by atoms with Crippen LogP contribution >= 0.6 is 0 Å². The van der Waals surface area contributed by atoms with Crippen molar-refractivity contribution >= 4 is 5.97 Å². The number of benzene rings is 1. The Kier molecular flexibility index (Phi) is 17.3.